The highest BCUT2D eigenvalue weighted by atomic mass is 16.5. The molecule has 0 spiro atoms. The van der Waals surface area contributed by atoms with Gasteiger partial charge in [0.05, 0.1) is 18.8 Å². The molecular weight excluding hydrogens is 230 g/mol. The first kappa shape index (κ1) is 14.8. The Bertz CT molecular complexity index is 335. The molecule has 1 rings (SSSR count). The lowest BCUT2D eigenvalue weighted by Crippen LogP contribution is -2.35. The second kappa shape index (κ2) is 7.24. The summed E-state index contributed by atoms with van der Waals surface area (Å²) in [6.45, 7) is 5.18. The van der Waals surface area contributed by atoms with Gasteiger partial charge in [0.2, 0.25) is 0 Å². The summed E-state index contributed by atoms with van der Waals surface area (Å²) in [5, 5.41) is 9.72. The lowest BCUT2D eigenvalue weighted by Gasteiger charge is -2.20. The average Bonchev–Trinajstić information content (AvgIpc) is 2.38. The minimum Gasteiger partial charge on any atom is -0.494 e. The number of ether oxygens (including phenoxy) is 2. The van der Waals surface area contributed by atoms with E-state index in [9.17, 15) is 5.11 Å². The molecule has 4 heteroatoms. The van der Waals surface area contributed by atoms with E-state index in [2.05, 4.69) is 6.92 Å². The van der Waals surface area contributed by atoms with E-state index in [1.165, 1.54) is 0 Å². The Labute approximate surface area is 109 Å². The van der Waals surface area contributed by atoms with Crippen LogP contribution in [0.4, 0.5) is 0 Å². The molecule has 0 saturated heterocycles. The van der Waals surface area contributed by atoms with E-state index >= 15 is 0 Å². The molecule has 1 aromatic rings. The molecule has 0 aromatic heterocycles. The van der Waals surface area contributed by atoms with E-state index in [1.54, 1.807) is 6.92 Å². The van der Waals surface area contributed by atoms with E-state index in [4.69, 9.17) is 15.2 Å². The minimum absolute atomic E-state index is 0.236. The Kier molecular flexibility index (Phi) is 5.95. The normalized spacial score (nSPS) is 14.0. The number of hydrogen-bond acceptors (Lipinski definition) is 4. The molecule has 0 radical (unpaired) electrons. The SMILES string of the molecule is CCCOc1ccc(OCCC(C)(O)CN)cc1. The summed E-state index contributed by atoms with van der Waals surface area (Å²) < 4.78 is 11.0. The van der Waals surface area contributed by atoms with Gasteiger partial charge in [-0.2, -0.15) is 0 Å². The molecule has 102 valence electrons. The number of rotatable bonds is 8. The van der Waals surface area contributed by atoms with Crippen molar-refractivity contribution in [3.63, 3.8) is 0 Å². The minimum atomic E-state index is -0.857. The summed E-state index contributed by atoms with van der Waals surface area (Å²) in [4.78, 5) is 0. The molecule has 18 heavy (non-hydrogen) atoms. The molecule has 1 atom stereocenters. The standard InChI is InChI=1S/C14H23NO3/c1-3-9-17-12-4-6-13(7-5-12)18-10-8-14(2,16)11-15/h4-7,16H,3,8-11,15H2,1-2H3. The van der Waals surface area contributed by atoms with E-state index in [0.29, 0.717) is 13.0 Å². The van der Waals surface area contributed by atoms with Gasteiger partial charge in [-0.1, -0.05) is 6.92 Å². The van der Waals surface area contributed by atoms with Gasteiger partial charge in [0, 0.05) is 13.0 Å². The van der Waals surface area contributed by atoms with Gasteiger partial charge in [0.1, 0.15) is 11.5 Å². The second-order valence-corrected chi connectivity index (χ2v) is 4.62. The highest BCUT2D eigenvalue weighted by Crippen LogP contribution is 2.18. The lowest BCUT2D eigenvalue weighted by atomic mass is 10.0. The maximum atomic E-state index is 9.72. The van der Waals surface area contributed by atoms with Crippen molar-refractivity contribution in [3.8, 4) is 11.5 Å². The van der Waals surface area contributed by atoms with Gasteiger partial charge in [-0.05, 0) is 37.6 Å². The fraction of sp³-hybridized carbons (Fsp3) is 0.571. The molecule has 0 aliphatic rings. The summed E-state index contributed by atoms with van der Waals surface area (Å²) in [7, 11) is 0. The average molecular weight is 253 g/mol. The largest absolute Gasteiger partial charge is 0.494 e. The van der Waals surface area contributed by atoms with Crippen LogP contribution in [-0.2, 0) is 0 Å². The summed E-state index contributed by atoms with van der Waals surface area (Å²) in [6, 6.07) is 7.49. The highest BCUT2D eigenvalue weighted by molar-refractivity contribution is 5.31. The van der Waals surface area contributed by atoms with Gasteiger partial charge in [-0.3, -0.25) is 0 Å². The first-order valence-corrected chi connectivity index (χ1v) is 6.35. The Morgan fingerprint density at radius 1 is 1.11 bits per heavy atom. The predicted octanol–water partition coefficient (Wildman–Crippen LogP) is 1.95. The Morgan fingerprint density at radius 2 is 1.61 bits per heavy atom. The fourth-order valence-electron chi connectivity index (χ4n) is 1.34. The van der Waals surface area contributed by atoms with Gasteiger partial charge < -0.3 is 20.3 Å². The van der Waals surface area contributed by atoms with Crippen LogP contribution < -0.4 is 15.2 Å². The Morgan fingerprint density at radius 3 is 2.06 bits per heavy atom. The van der Waals surface area contributed by atoms with Crippen LogP contribution in [0.15, 0.2) is 24.3 Å². The smallest absolute Gasteiger partial charge is 0.119 e. The van der Waals surface area contributed by atoms with Crippen LogP contribution in [0.2, 0.25) is 0 Å². The van der Waals surface area contributed by atoms with E-state index < -0.39 is 5.60 Å². The third kappa shape index (κ3) is 5.38. The topological polar surface area (TPSA) is 64.7 Å². The van der Waals surface area contributed by atoms with Gasteiger partial charge >= 0.3 is 0 Å². The maximum absolute atomic E-state index is 9.72. The molecule has 4 nitrogen and oxygen atoms in total. The summed E-state index contributed by atoms with van der Waals surface area (Å²) >= 11 is 0. The molecular formula is C14H23NO3. The molecule has 0 fully saturated rings. The van der Waals surface area contributed by atoms with Crippen molar-refractivity contribution in [2.45, 2.75) is 32.3 Å². The van der Waals surface area contributed by atoms with E-state index in [-0.39, 0.29) is 6.54 Å². The van der Waals surface area contributed by atoms with Crippen molar-refractivity contribution >= 4 is 0 Å². The molecule has 0 bridgehead atoms. The van der Waals surface area contributed by atoms with Crippen LogP contribution >= 0.6 is 0 Å². The zero-order valence-corrected chi connectivity index (χ0v) is 11.2. The molecule has 0 aliphatic heterocycles. The molecule has 0 saturated carbocycles. The highest BCUT2D eigenvalue weighted by Gasteiger charge is 2.17. The zero-order chi connectivity index (χ0) is 13.4. The van der Waals surface area contributed by atoms with Crippen LogP contribution in [0.3, 0.4) is 0 Å². The summed E-state index contributed by atoms with van der Waals surface area (Å²) in [5.41, 5.74) is 4.57. The van der Waals surface area contributed by atoms with Gasteiger partial charge in [0.25, 0.3) is 0 Å². The first-order valence-electron chi connectivity index (χ1n) is 6.35. The lowest BCUT2D eigenvalue weighted by molar-refractivity contribution is 0.0453. The van der Waals surface area contributed by atoms with Crippen molar-refractivity contribution in [3.05, 3.63) is 24.3 Å². The molecule has 0 aliphatic carbocycles. The van der Waals surface area contributed by atoms with E-state index in [1.807, 2.05) is 24.3 Å². The van der Waals surface area contributed by atoms with Crippen molar-refractivity contribution in [2.75, 3.05) is 19.8 Å². The molecule has 1 aromatic carbocycles. The van der Waals surface area contributed by atoms with Crippen LogP contribution in [-0.4, -0.2) is 30.5 Å². The third-order valence-electron chi connectivity index (χ3n) is 2.65. The first-order chi connectivity index (χ1) is 8.57. The number of hydrogen-bond donors (Lipinski definition) is 2. The summed E-state index contributed by atoms with van der Waals surface area (Å²) in [6.07, 6.45) is 1.50. The summed E-state index contributed by atoms with van der Waals surface area (Å²) in [5.74, 6) is 1.62. The predicted molar refractivity (Wildman–Crippen MR) is 72.0 cm³/mol. The second-order valence-electron chi connectivity index (χ2n) is 4.62. The zero-order valence-electron chi connectivity index (χ0n) is 11.2. The fourth-order valence-corrected chi connectivity index (χ4v) is 1.34. The number of benzene rings is 1. The molecule has 3 N–H and O–H groups in total. The van der Waals surface area contributed by atoms with E-state index in [0.717, 1.165) is 24.5 Å². The quantitative estimate of drug-likeness (QED) is 0.743. The van der Waals surface area contributed by atoms with Crippen LogP contribution in [0.25, 0.3) is 0 Å². The monoisotopic (exact) mass is 253 g/mol. The Hall–Kier alpha value is -1.26. The van der Waals surface area contributed by atoms with Crippen molar-refractivity contribution in [1.82, 2.24) is 0 Å². The van der Waals surface area contributed by atoms with Crippen molar-refractivity contribution < 1.29 is 14.6 Å². The Balaban J connectivity index is 2.35. The van der Waals surface area contributed by atoms with Crippen LogP contribution in [0.1, 0.15) is 26.7 Å². The van der Waals surface area contributed by atoms with Gasteiger partial charge in [-0.25, -0.2) is 0 Å². The molecule has 1 unspecified atom stereocenters. The van der Waals surface area contributed by atoms with Crippen molar-refractivity contribution in [1.29, 1.82) is 0 Å². The third-order valence-corrected chi connectivity index (χ3v) is 2.65. The van der Waals surface area contributed by atoms with Gasteiger partial charge in [-0.15, -0.1) is 0 Å². The van der Waals surface area contributed by atoms with Crippen LogP contribution in [0, 0.1) is 0 Å². The maximum Gasteiger partial charge on any atom is 0.119 e. The number of aliphatic hydroxyl groups is 1. The van der Waals surface area contributed by atoms with Gasteiger partial charge in [0.15, 0.2) is 0 Å². The molecule has 0 amide bonds. The molecule has 0 heterocycles. The van der Waals surface area contributed by atoms with Crippen LogP contribution in [0.5, 0.6) is 11.5 Å². The van der Waals surface area contributed by atoms with Crippen molar-refractivity contribution in [2.24, 2.45) is 5.73 Å². The number of nitrogens with two attached hydrogens (primary N) is 1.